The molecule has 0 aliphatic rings. The molecule has 0 atom stereocenters. The molecule has 2 N–H and O–H groups in total. The Hall–Kier alpha value is -2.48. The fourth-order valence-electron chi connectivity index (χ4n) is 2.49. The van der Waals surface area contributed by atoms with Crippen LogP contribution in [0.4, 0.5) is 0 Å². The van der Waals surface area contributed by atoms with Gasteiger partial charge in [0.15, 0.2) is 0 Å². The first-order chi connectivity index (χ1) is 8.93. The summed E-state index contributed by atoms with van der Waals surface area (Å²) in [5.41, 5.74) is 3.35. The van der Waals surface area contributed by atoms with E-state index in [1.54, 1.807) is 0 Å². The minimum atomic E-state index is 1.10. The maximum atomic E-state index is 3.36. The largest absolute Gasteiger partial charge is 0.360 e. The Morgan fingerprint density at radius 3 is 2.56 bits per heavy atom. The molecule has 0 saturated carbocycles. The zero-order valence-electron chi connectivity index (χ0n) is 9.70. The molecule has 2 heterocycles. The molecule has 0 aliphatic carbocycles. The molecule has 0 fully saturated rings. The first-order valence-electron chi connectivity index (χ1n) is 5.98. The van der Waals surface area contributed by atoms with Gasteiger partial charge in [0, 0.05) is 28.0 Å². The monoisotopic (exact) mass is 231 g/mol. The Balaban J connectivity index is 2.08. The molecule has 0 saturated heterocycles. The maximum absolute atomic E-state index is 3.36. The molecule has 2 heteroatoms. The third-order valence-corrected chi connectivity index (χ3v) is 3.37. The van der Waals surface area contributed by atoms with E-state index >= 15 is 0 Å². The van der Waals surface area contributed by atoms with Gasteiger partial charge in [0.25, 0.3) is 0 Å². The first-order valence-corrected chi connectivity index (χ1v) is 5.98. The van der Waals surface area contributed by atoms with Gasteiger partial charge in [-0.1, -0.05) is 42.5 Å². The lowest BCUT2D eigenvalue weighted by Crippen LogP contribution is -1.75. The highest BCUT2D eigenvalue weighted by Crippen LogP contribution is 2.32. The Bertz CT molecular complexity index is 764. The van der Waals surface area contributed by atoms with E-state index in [1.165, 1.54) is 16.2 Å². The molecule has 85 valence electrons. The Labute approximate surface area is 104 Å². The number of H-pyrrole nitrogens is 2. The van der Waals surface area contributed by atoms with Crippen LogP contribution in [0.2, 0.25) is 0 Å². The van der Waals surface area contributed by atoms with Crippen LogP contribution in [0.3, 0.4) is 0 Å². The Morgan fingerprint density at radius 2 is 1.61 bits per heavy atom. The van der Waals surface area contributed by atoms with Crippen LogP contribution in [0.25, 0.3) is 32.9 Å². The van der Waals surface area contributed by atoms with Crippen molar-refractivity contribution in [2.45, 2.75) is 0 Å². The third kappa shape index (κ3) is 1.23. The highest BCUT2D eigenvalue weighted by molar-refractivity contribution is 6.03. The summed E-state index contributed by atoms with van der Waals surface area (Å²) < 4.78 is 0. The molecule has 0 unspecified atom stereocenters. The second kappa shape index (κ2) is 3.50. The van der Waals surface area contributed by atoms with E-state index in [0.29, 0.717) is 0 Å². The van der Waals surface area contributed by atoms with Crippen LogP contribution >= 0.6 is 0 Å². The van der Waals surface area contributed by atoms with E-state index in [9.17, 15) is 0 Å². The molecule has 0 amide bonds. The van der Waals surface area contributed by atoms with Gasteiger partial charge in [-0.15, -0.1) is 0 Å². The molecule has 4 rings (SSSR count). The summed E-state index contributed by atoms with van der Waals surface area (Å²) in [7, 11) is 0. The van der Waals surface area contributed by atoms with Crippen molar-refractivity contribution in [3.63, 3.8) is 0 Å². The highest BCUT2D eigenvalue weighted by Gasteiger charge is 2.10. The number of hydrogen-bond donors (Lipinski definition) is 2. The average molecular weight is 231 g/mol. The summed E-state index contributed by atoms with van der Waals surface area (Å²) in [5.74, 6) is 0. The fourth-order valence-corrected chi connectivity index (χ4v) is 2.49. The molecule has 2 nitrogen and oxygen atoms in total. The van der Waals surface area contributed by atoms with Gasteiger partial charge >= 0.3 is 0 Å². The lowest BCUT2D eigenvalue weighted by molar-refractivity contribution is 1.40. The second-order valence-electron chi connectivity index (χ2n) is 4.42. The standard InChI is InChI=1S/C16H11N2/c1-2-6-12-11(5-1)9-18-16(12)14-10-17-15-8-4-3-7-13(14)15/h1-9,17-18H. The number of aromatic nitrogens is 2. The molecule has 1 radical (unpaired) electrons. The molecule has 18 heavy (non-hydrogen) atoms. The SMILES string of the molecule is [c]1[nH]c2ccccc2c1-c1[nH]cc2ccccc12. The van der Waals surface area contributed by atoms with Gasteiger partial charge in [0.2, 0.25) is 0 Å². The van der Waals surface area contributed by atoms with Gasteiger partial charge in [-0.05, 0) is 11.5 Å². The fraction of sp³-hybridized carbons (Fsp3) is 0. The van der Waals surface area contributed by atoms with Crippen molar-refractivity contribution in [2.75, 3.05) is 0 Å². The van der Waals surface area contributed by atoms with Crippen LogP contribution in [-0.4, -0.2) is 9.97 Å². The highest BCUT2D eigenvalue weighted by atomic mass is 14.7. The van der Waals surface area contributed by atoms with Crippen LogP contribution in [0.5, 0.6) is 0 Å². The van der Waals surface area contributed by atoms with E-state index in [0.717, 1.165) is 16.8 Å². The second-order valence-corrected chi connectivity index (χ2v) is 4.42. The number of hydrogen-bond acceptors (Lipinski definition) is 0. The van der Waals surface area contributed by atoms with E-state index in [-0.39, 0.29) is 0 Å². The predicted octanol–water partition coefficient (Wildman–Crippen LogP) is 4.12. The van der Waals surface area contributed by atoms with E-state index in [1.807, 2.05) is 12.3 Å². The number of para-hydroxylation sites is 1. The van der Waals surface area contributed by atoms with Crippen molar-refractivity contribution in [2.24, 2.45) is 0 Å². The molecular formula is C16H11N2. The zero-order valence-corrected chi connectivity index (χ0v) is 9.70. The molecule has 0 aliphatic heterocycles. The normalized spacial score (nSPS) is 11.3. The van der Waals surface area contributed by atoms with Crippen molar-refractivity contribution in [3.05, 3.63) is 60.9 Å². The Morgan fingerprint density at radius 1 is 0.833 bits per heavy atom. The lowest BCUT2D eigenvalue weighted by atomic mass is 10.1. The first kappa shape index (κ1) is 9.54. The van der Waals surface area contributed by atoms with Crippen LogP contribution in [0.1, 0.15) is 0 Å². The van der Waals surface area contributed by atoms with Crippen molar-refractivity contribution in [3.8, 4) is 11.3 Å². The summed E-state index contributed by atoms with van der Waals surface area (Å²) in [4.78, 5) is 6.55. The molecular weight excluding hydrogens is 220 g/mol. The summed E-state index contributed by atoms with van der Waals surface area (Å²) >= 11 is 0. The van der Waals surface area contributed by atoms with E-state index in [2.05, 4.69) is 58.6 Å². The van der Waals surface area contributed by atoms with Crippen LogP contribution in [-0.2, 0) is 0 Å². The molecule has 0 bridgehead atoms. The van der Waals surface area contributed by atoms with E-state index < -0.39 is 0 Å². The average Bonchev–Trinajstić information content (AvgIpc) is 3.01. The van der Waals surface area contributed by atoms with Crippen molar-refractivity contribution in [1.82, 2.24) is 9.97 Å². The molecule has 2 aromatic heterocycles. The number of nitrogens with one attached hydrogen (secondary N) is 2. The molecule has 0 spiro atoms. The van der Waals surface area contributed by atoms with Crippen LogP contribution < -0.4 is 0 Å². The van der Waals surface area contributed by atoms with Gasteiger partial charge in [-0.2, -0.15) is 0 Å². The third-order valence-electron chi connectivity index (χ3n) is 3.37. The minimum absolute atomic E-state index is 1.10. The van der Waals surface area contributed by atoms with Gasteiger partial charge in [0.1, 0.15) is 0 Å². The van der Waals surface area contributed by atoms with Crippen molar-refractivity contribution < 1.29 is 0 Å². The van der Waals surface area contributed by atoms with Crippen molar-refractivity contribution in [1.29, 1.82) is 0 Å². The predicted molar refractivity (Wildman–Crippen MR) is 74.4 cm³/mol. The van der Waals surface area contributed by atoms with Crippen molar-refractivity contribution >= 4 is 21.7 Å². The van der Waals surface area contributed by atoms with Gasteiger partial charge < -0.3 is 9.97 Å². The molecule has 2 aromatic carbocycles. The van der Waals surface area contributed by atoms with E-state index in [4.69, 9.17) is 0 Å². The quantitative estimate of drug-likeness (QED) is 0.494. The number of benzene rings is 2. The summed E-state index contributed by atoms with van der Waals surface area (Å²) in [6.07, 6.45) is 5.29. The Kier molecular flexibility index (Phi) is 1.86. The van der Waals surface area contributed by atoms with Crippen LogP contribution in [0.15, 0.2) is 54.7 Å². The summed E-state index contributed by atoms with van der Waals surface area (Å²) in [6.45, 7) is 0. The molecule has 4 aromatic rings. The maximum Gasteiger partial charge on any atom is 0.0732 e. The number of aromatic amines is 2. The summed E-state index contributed by atoms with van der Waals surface area (Å²) in [5, 5.41) is 3.66. The topological polar surface area (TPSA) is 31.6 Å². The smallest absolute Gasteiger partial charge is 0.0732 e. The minimum Gasteiger partial charge on any atom is -0.360 e. The van der Waals surface area contributed by atoms with Gasteiger partial charge in [-0.3, -0.25) is 0 Å². The zero-order chi connectivity index (χ0) is 11.9. The number of rotatable bonds is 1. The van der Waals surface area contributed by atoms with Gasteiger partial charge in [0.05, 0.1) is 11.9 Å². The number of fused-ring (bicyclic) bond motifs is 2. The lowest BCUT2D eigenvalue weighted by Gasteiger charge is -1.97. The van der Waals surface area contributed by atoms with Gasteiger partial charge in [-0.25, -0.2) is 0 Å². The van der Waals surface area contributed by atoms with Crippen LogP contribution in [0, 0.1) is 6.20 Å². The summed E-state index contributed by atoms with van der Waals surface area (Å²) in [6, 6.07) is 16.6.